The third-order valence-electron chi connectivity index (χ3n) is 7.09. The molecule has 1 amide bonds. The molecule has 5 rings (SSSR count). The van der Waals surface area contributed by atoms with Gasteiger partial charge in [-0.1, -0.05) is 0 Å². The van der Waals surface area contributed by atoms with Gasteiger partial charge < -0.3 is 9.80 Å². The third-order valence-corrected chi connectivity index (χ3v) is 9.00. The Hall–Kier alpha value is -2.91. The number of anilines is 1. The average Bonchev–Trinajstić information content (AvgIpc) is 3.54. The van der Waals surface area contributed by atoms with E-state index in [4.69, 9.17) is 0 Å². The predicted molar refractivity (Wildman–Crippen MR) is 132 cm³/mol. The van der Waals surface area contributed by atoms with Gasteiger partial charge in [-0.15, -0.1) is 0 Å². The molecule has 0 spiro atoms. The molecule has 0 N–H and O–H groups in total. The number of carbonyl (C=O) groups excluding carboxylic acids is 1. The number of nitrogens with zero attached hydrogens (tertiary/aromatic N) is 5. The minimum atomic E-state index is -3.51. The molecule has 2 aromatic heterocycles. The van der Waals surface area contributed by atoms with Gasteiger partial charge in [0.15, 0.2) is 0 Å². The Morgan fingerprint density at radius 3 is 2.32 bits per heavy atom. The summed E-state index contributed by atoms with van der Waals surface area (Å²) < 4.78 is 29.7. The molecule has 0 atom stereocenters. The van der Waals surface area contributed by atoms with E-state index in [1.807, 2.05) is 48.3 Å². The molecule has 1 aromatic carbocycles. The summed E-state index contributed by atoms with van der Waals surface area (Å²) in [7, 11) is 0.350. The van der Waals surface area contributed by atoms with Crippen LogP contribution >= 0.6 is 0 Å². The molecule has 3 aromatic rings. The van der Waals surface area contributed by atoms with Crippen LogP contribution in [0.4, 0.5) is 5.69 Å². The van der Waals surface area contributed by atoms with Crippen LogP contribution in [0.1, 0.15) is 47.5 Å². The fraction of sp³-hybridized carbons (Fsp3) is 0.440. The lowest BCUT2D eigenvalue weighted by Crippen LogP contribution is -2.37. The van der Waals surface area contributed by atoms with Crippen molar-refractivity contribution in [3.05, 3.63) is 59.9 Å². The van der Waals surface area contributed by atoms with Crippen molar-refractivity contribution >= 4 is 27.1 Å². The van der Waals surface area contributed by atoms with Gasteiger partial charge in [0.1, 0.15) is 0 Å². The number of rotatable bonds is 5. The lowest BCUT2D eigenvalue weighted by atomic mass is 9.90. The van der Waals surface area contributed by atoms with Crippen LogP contribution in [0.5, 0.6) is 0 Å². The van der Waals surface area contributed by atoms with Crippen LogP contribution in [0.15, 0.2) is 53.7 Å². The minimum absolute atomic E-state index is 0.0471. The summed E-state index contributed by atoms with van der Waals surface area (Å²) in [6.07, 6.45) is 7.16. The summed E-state index contributed by atoms with van der Waals surface area (Å²) in [5, 5.41) is 4.37. The molecule has 34 heavy (non-hydrogen) atoms. The second-order valence-corrected chi connectivity index (χ2v) is 11.4. The van der Waals surface area contributed by atoms with Crippen LogP contribution in [-0.2, 0) is 10.0 Å². The van der Waals surface area contributed by atoms with Gasteiger partial charge in [-0.05, 0) is 73.6 Å². The first-order valence-electron chi connectivity index (χ1n) is 11.9. The summed E-state index contributed by atoms with van der Waals surface area (Å²) in [4.78, 5) is 17.1. The van der Waals surface area contributed by atoms with Gasteiger partial charge in [-0.3, -0.25) is 4.79 Å². The first-order chi connectivity index (χ1) is 16.3. The van der Waals surface area contributed by atoms with Crippen molar-refractivity contribution in [2.45, 2.75) is 36.5 Å². The Balaban J connectivity index is 1.31. The molecule has 2 saturated heterocycles. The van der Waals surface area contributed by atoms with E-state index in [1.165, 1.54) is 0 Å². The Bertz CT molecular complexity index is 1290. The van der Waals surface area contributed by atoms with Gasteiger partial charge in [-0.2, -0.15) is 9.40 Å². The number of carbonyl (C=O) groups is 1. The normalized spacial score (nSPS) is 18.0. The predicted octanol–water partition coefficient (Wildman–Crippen LogP) is 3.20. The standard InChI is InChI=1S/C25H31N5O3S/c1-27(2)21-5-7-22(8-6-21)34(32,33)29-14-9-19(10-15-29)20-11-16-30-24(17-20)23(18-26-30)25(31)28-12-3-4-13-28/h5-8,11,16-19H,3-4,9-10,12-15H2,1-2H3. The maximum absolute atomic E-state index is 13.2. The molecular weight excluding hydrogens is 450 g/mol. The first kappa shape index (κ1) is 22.9. The zero-order chi connectivity index (χ0) is 23.9. The van der Waals surface area contributed by atoms with E-state index >= 15 is 0 Å². The number of sulfonamides is 1. The summed E-state index contributed by atoms with van der Waals surface area (Å²) in [6.45, 7) is 2.57. The zero-order valence-corrected chi connectivity index (χ0v) is 20.5. The van der Waals surface area contributed by atoms with Gasteiger partial charge in [-0.25, -0.2) is 12.9 Å². The van der Waals surface area contributed by atoms with E-state index in [0.29, 0.717) is 23.5 Å². The molecule has 0 bridgehead atoms. The number of piperidine rings is 1. The van der Waals surface area contributed by atoms with Gasteiger partial charge in [0.05, 0.1) is 22.2 Å². The second kappa shape index (κ2) is 9.03. The van der Waals surface area contributed by atoms with Crippen LogP contribution in [0.3, 0.4) is 0 Å². The first-order valence-corrected chi connectivity index (χ1v) is 13.3. The quantitative estimate of drug-likeness (QED) is 0.559. The molecule has 4 heterocycles. The van der Waals surface area contributed by atoms with Crippen LogP contribution in [0.2, 0.25) is 0 Å². The van der Waals surface area contributed by atoms with Crippen LogP contribution in [-0.4, -0.2) is 73.4 Å². The maximum Gasteiger partial charge on any atom is 0.257 e. The number of fused-ring (bicyclic) bond motifs is 1. The molecule has 180 valence electrons. The van der Waals surface area contributed by atoms with E-state index in [9.17, 15) is 13.2 Å². The summed E-state index contributed by atoms with van der Waals surface area (Å²) in [5.74, 6) is 0.294. The third kappa shape index (κ3) is 4.18. The average molecular weight is 482 g/mol. The number of benzene rings is 1. The van der Waals surface area contributed by atoms with E-state index in [1.54, 1.807) is 27.2 Å². The van der Waals surface area contributed by atoms with Crippen molar-refractivity contribution in [3.8, 4) is 0 Å². The van der Waals surface area contributed by atoms with E-state index < -0.39 is 10.0 Å². The topological polar surface area (TPSA) is 78.2 Å². The smallest absolute Gasteiger partial charge is 0.257 e. The molecule has 2 aliphatic heterocycles. The van der Waals surface area contributed by atoms with Gasteiger partial charge in [0.2, 0.25) is 10.0 Å². The minimum Gasteiger partial charge on any atom is -0.378 e. The monoisotopic (exact) mass is 481 g/mol. The van der Waals surface area contributed by atoms with Crippen molar-refractivity contribution in [2.75, 3.05) is 45.2 Å². The lowest BCUT2D eigenvalue weighted by molar-refractivity contribution is 0.0794. The summed E-state index contributed by atoms with van der Waals surface area (Å²) >= 11 is 0. The van der Waals surface area contributed by atoms with Crippen LogP contribution in [0, 0.1) is 0 Å². The Kier molecular flexibility index (Phi) is 6.07. The highest BCUT2D eigenvalue weighted by molar-refractivity contribution is 7.89. The Labute approximate surface area is 200 Å². The Morgan fingerprint density at radius 2 is 1.68 bits per heavy atom. The van der Waals surface area contributed by atoms with Crippen molar-refractivity contribution < 1.29 is 13.2 Å². The largest absolute Gasteiger partial charge is 0.378 e. The van der Waals surface area contributed by atoms with Gasteiger partial charge in [0, 0.05) is 52.2 Å². The fourth-order valence-electron chi connectivity index (χ4n) is 5.00. The van der Waals surface area contributed by atoms with Gasteiger partial charge >= 0.3 is 0 Å². The maximum atomic E-state index is 13.2. The van der Waals surface area contributed by atoms with Crippen molar-refractivity contribution in [3.63, 3.8) is 0 Å². The molecule has 2 aliphatic rings. The number of likely N-dealkylation sites (tertiary alicyclic amines) is 1. The number of amides is 1. The van der Waals surface area contributed by atoms with Crippen molar-refractivity contribution in [1.29, 1.82) is 0 Å². The Morgan fingerprint density at radius 1 is 1.00 bits per heavy atom. The van der Waals surface area contributed by atoms with Gasteiger partial charge in [0.25, 0.3) is 5.91 Å². The van der Waals surface area contributed by atoms with E-state index in [2.05, 4.69) is 11.2 Å². The van der Waals surface area contributed by atoms with Crippen molar-refractivity contribution in [1.82, 2.24) is 18.8 Å². The number of pyridine rings is 1. The molecule has 0 saturated carbocycles. The fourth-order valence-corrected chi connectivity index (χ4v) is 6.47. The molecular formula is C25H31N5O3S. The van der Waals surface area contributed by atoms with Crippen molar-refractivity contribution in [2.24, 2.45) is 0 Å². The summed E-state index contributed by atoms with van der Waals surface area (Å²) in [5.41, 5.74) is 3.57. The molecule has 0 aliphatic carbocycles. The molecule has 8 nitrogen and oxygen atoms in total. The highest BCUT2D eigenvalue weighted by atomic mass is 32.2. The number of hydrogen-bond acceptors (Lipinski definition) is 5. The molecule has 9 heteroatoms. The van der Waals surface area contributed by atoms with Crippen LogP contribution < -0.4 is 4.90 Å². The highest BCUT2D eigenvalue weighted by Crippen LogP contribution is 2.32. The van der Waals surface area contributed by atoms with E-state index in [0.717, 1.165) is 55.5 Å². The number of aromatic nitrogens is 2. The SMILES string of the molecule is CN(C)c1ccc(S(=O)(=O)N2CCC(c3ccn4ncc(C(=O)N5CCCC5)c4c3)CC2)cc1. The molecule has 2 fully saturated rings. The zero-order valence-electron chi connectivity index (χ0n) is 19.7. The summed E-state index contributed by atoms with van der Waals surface area (Å²) in [6, 6.07) is 11.1. The van der Waals surface area contributed by atoms with Crippen LogP contribution in [0.25, 0.3) is 5.52 Å². The second-order valence-electron chi connectivity index (χ2n) is 9.41. The molecule has 0 radical (unpaired) electrons. The molecule has 0 unspecified atom stereocenters. The number of hydrogen-bond donors (Lipinski definition) is 0. The lowest BCUT2D eigenvalue weighted by Gasteiger charge is -2.31. The highest BCUT2D eigenvalue weighted by Gasteiger charge is 2.30. The van der Waals surface area contributed by atoms with E-state index in [-0.39, 0.29) is 11.8 Å².